The molecule has 12 heavy (non-hydrogen) atoms. The van der Waals surface area contributed by atoms with E-state index in [4.69, 9.17) is 0 Å². The Balaban J connectivity index is 4.43. The summed E-state index contributed by atoms with van der Waals surface area (Å²) in [5.41, 5.74) is 0.552. The van der Waals surface area contributed by atoms with Crippen LogP contribution in [0.2, 0.25) is 25.7 Å². The van der Waals surface area contributed by atoms with Crippen molar-refractivity contribution >= 4 is 8.07 Å². The van der Waals surface area contributed by atoms with E-state index in [1.165, 1.54) is 5.57 Å². The van der Waals surface area contributed by atoms with Crippen LogP contribution in [0, 0.1) is 0 Å². The van der Waals surface area contributed by atoms with Gasteiger partial charge in [0.25, 0.3) is 0 Å². The van der Waals surface area contributed by atoms with E-state index in [2.05, 4.69) is 25.7 Å². The van der Waals surface area contributed by atoms with Gasteiger partial charge in [0.1, 0.15) is 0 Å². The Kier molecular flexibility index (Phi) is 3.73. The van der Waals surface area contributed by atoms with Gasteiger partial charge in [-0.25, -0.2) is 0 Å². The molecule has 0 fully saturated rings. The lowest BCUT2D eigenvalue weighted by atomic mass is 10.00. The van der Waals surface area contributed by atoms with Gasteiger partial charge in [-0.3, -0.25) is 0 Å². The van der Waals surface area contributed by atoms with Crippen molar-refractivity contribution in [2.75, 3.05) is 0 Å². The third-order valence-corrected chi connectivity index (χ3v) is 3.30. The van der Waals surface area contributed by atoms with Gasteiger partial charge in [0.05, 0.1) is 5.60 Å². The van der Waals surface area contributed by atoms with E-state index < -0.39 is 13.7 Å². The number of hydrogen-bond acceptors (Lipinski definition) is 1. The third kappa shape index (κ3) is 4.73. The van der Waals surface area contributed by atoms with E-state index in [-0.39, 0.29) is 0 Å². The van der Waals surface area contributed by atoms with Crippen molar-refractivity contribution in [1.82, 2.24) is 0 Å². The maximum atomic E-state index is 9.79. The second-order valence-electron chi connectivity index (χ2n) is 5.11. The van der Waals surface area contributed by atoms with Crippen molar-refractivity contribution in [2.24, 2.45) is 0 Å². The minimum absolute atomic E-state index is 0.630. The molecule has 0 amide bonds. The minimum atomic E-state index is -1.08. The lowest BCUT2D eigenvalue weighted by Gasteiger charge is -2.27. The Labute approximate surface area is 77.5 Å². The predicted molar refractivity (Wildman–Crippen MR) is 58.2 cm³/mol. The highest BCUT2D eigenvalue weighted by Crippen LogP contribution is 2.25. The molecule has 2 heteroatoms. The van der Waals surface area contributed by atoms with E-state index in [0.717, 1.165) is 6.04 Å². The fourth-order valence-electron chi connectivity index (χ4n) is 1.24. The van der Waals surface area contributed by atoms with Crippen LogP contribution in [-0.4, -0.2) is 18.8 Å². The van der Waals surface area contributed by atoms with Gasteiger partial charge >= 0.3 is 0 Å². The van der Waals surface area contributed by atoms with Crippen molar-refractivity contribution in [2.45, 2.75) is 52.1 Å². The van der Waals surface area contributed by atoms with E-state index in [1.807, 2.05) is 20.8 Å². The van der Waals surface area contributed by atoms with Crippen LogP contribution in [-0.2, 0) is 0 Å². The number of allylic oxidation sites excluding steroid dienone is 1. The molecule has 0 aliphatic heterocycles. The van der Waals surface area contributed by atoms with Crippen LogP contribution in [0.3, 0.4) is 0 Å². The van der Waals surface area contributed by atoms with Gasteiger partial charge in [-0.05, 0) is 32.4 Å². The highest BCUT2D eigenvalue weighted by Gasteiger charge is 2.24. The Morgan fingerprint density at radius 1 is 1.33 bits per heavy atom. The Morgan fingerprint density at radius 3 is 1.83 bits per heavy atom. The van der Waals surface area contributed by atoms with E-state index in [0.29, 0.717) is 0 Å². The summed E-state index contributed by atoms with van der Waals surface area (Å²) in [6.07, 6.45) is 2.05. The zero-order chi connectivity index (χ0) is 9.99. The van der Waals surface area contributed by atoms with Crippen LogP contribution in [0.25, 0.3) is 0 Å². The Bertz CT molecular complexity index is 169. The van der Waals surface area contributed by atoms with Gasteiger partial charge in [0.2, 0.25) is 0 Å². The quantitative estimate of drug-likeness (QED) is 0.530. The van der Waals surface area contributed by atoms with E-state index >= 15 is 0 Å². The highest BCUT2D eigenvalue weighted by molar-refractivity contribution is 6.76. The van der Waals surface area contributed by atoms with Crippen molar-refractivity contribution in [3.05, 3.63) is 11.6 Å². The molecule has 1 nitrogen and oxygen atoms in total. The van der Waals surface area contributed by atoms with Crippen LogP contribution < -0.4 is 0 Å². The smallest absolute Gasteiger partial charge is 0.0797 e. The number of hydrogen-bond donors (Lipinski definition) is 1. The van der Waals surface area contributed by atoms with E-state index in [9.17, 15) is 5.11 Å². The van der Waals surface area contributed by atoms with Crippen LogP contribution in [0.5, 0.6) is 0 Å². The molecular weight excluding hydrogens is 164 g/mol. The first-order chi connectivity index (χ1) is 5.17. The van der Waals surface area contributed by atoms with Crippen molar-refractivity contribution in [3.63, 3.8) is 0 Å². The molecule has 0 bridgehead atoms. The van der Waals surface area contributed by atoms with Gasteiger partial charge in [-0.1, -0.05) is 25.7 Å². The molecule has 0 aromatic rings. The van der Waals surface area contributed by atoms with Crippen molar-refractivity contribution in [3.8, 4) is 0 Å². The molecule has 0 spiro atoms. The molecule has 0 aliphatic rings. The monoisotopic (exact) mass is 186 g/mol. The lowest BCUT2D eigenvalue weighted by molar-refractivity contribution is 0.119. The average Bonchev–Trinajstić information content (AvgIpc) is 1.78. The molecule has 0 atom stereocenters. The Hall–Kier alpha value is -0.0831. The lowest BCUT2D eigenvalue weighted by Crippen LogP contribution is -2.29. The normalized spacial score (nSPS) is 15.1. The molecule has 1 N–H and O–H groups in total. The summed E-state index contributed by atoms with van der Waals surface area (Å²) < 4.78 is 0. The molecule has 0 aliphatic carbocycles. The third-order valence-electron chi connectivity index (χ3n) is 1.86. The van der Waals surface area contributed by atoms with Crippen LogP contribution in [0.15, 0.2) is 11.6 Å². The highest BCUT2D eigenvalue weighted by atomic mass is 28.3. The largest absolute Gasteiger partial charge is 0.386 e. The molecule has 72 valence electrons. The summed E-state index contributed by atoms with van der Waals surface area (Å²) >= 11 is 0. The van der Waals surface area contributed by atoms with Gasteiger partial charge in [-0.15, -0.1) is 0 Å². The summed E-state index contributed by atoms with van der Waals surface area (Å²) in [5, 5.41) is 9.79. The predicted octanol–water partition coefficient (Wildman–Crippen LogP) is 3.04. The van der Waals surface area contributed by atoms with Crippen LogP contribution in [0.1, 0.15) is 20.8 Å². The molecule has 0 saturated heterocycles. The second-order valence-corrected chi connectivity index (χ2v) is 10.6. The average molecular weight is 186 g/mol. The van der Waals surface area contributed by atoms with Crippen molar-refractivity contribution in [1.29, 1.82) is 0 Å². The van der Waals surface area contributed by atoms with Crippen molar-refractivity contribution < 1.29 is 5.11 Å². The summed E-state index contributed by atoms with van der Waals surface area (Å²) in [5.74, 6) is 0. The van der Waals surface area contributed by atoms with Gasteiger partial charge in [0, 0.05) is 8.07 Å². The van der Waals surface area contributed by atoms with Gasteiger partial charge < -0.3 is 5.11 Å². The summed E-state index contributed by atoms with van der Waals surface area (Å²) in [4.78, 5) is 0. The first kappa shape index (κ1) is 11.9. The van der Waals surface area contributed by atoms with Crippen LogP contribution in [0.4, 0.5) is 0 Å². The fraction of sp³-hybridized carbons (Fsp3) is 0.800. The van der Waals surface area contributed by atoms with Crippen LogP contribution >= 0.6 is 0 Å². The fourth-order valence-corrected chi connectivity index (χ4v) is 3.02. The van der Waals surface area contributed by atoms with Gasteiger partial charge in [-0.2, -0.15) is 0 Å². The molecular formula is C10H22OSi. The Morgan fingerprint density at radius 2 is 1.75 bits per heavy atom. The van der Waals surface area contributed by atoms with Gasteiger partial charge in [0.15, 0.2) is 0 Å². The molecule has 0 rings (SSSR count). The zero-order valence-electron chi connectivity index (χ0n) is 9.23. The molecule has 0 unspecified atom stereocenters. The number of aliphatic hydroxyl groups is 1. The SMILES string of the molecule is C/C=C(\C[Si](C)(C)C)C(C)(C)O. The summed E-state index contributed by atoms with van der Waals surface area (Å²) in [7, 11) is -1.08. The maximum Gasteiger partial charge on any atom is 0.0797 e. The molecule has 0 radical (unpaired) electrons. The standard InChI is InChI=1S/C10H22OSi/c1-7-9(10(2,3)11)8-12(4,5)6/h7,11H,8H2,1-6H3/b9-7+. The summed E-state index contributed by atoms with van der Waals surface area (Å²) in [6, 6.07) is 1.09. The zero-order valence-corrected chi connectivity index (χ0v) is 10.2. The molecule has 0 aromatic heterocycles. The molecule has 0 heterocycles. The first-order valence-corrected chi connectivity index (χ1v) is 8.25. The minimum Gasteiger partial charge on any atom is -0.386 e. The van der Waals surface area contributed by atoms with E-state index in [1.54, 1.807) is 0 Å². The second kappa shape index (κ2) is 3.75. The summed E-state index contributed by atoms with van der Waals surface area (Å²) in [6.45, 7) is 12.7. The molecule has 0 aromatic carbocycles. The topological polar surface area (TPSA) is 20.2 Å². The maximum absolute atomic E-state index is 9.79. The number of rotatable bonds is 3. The first-order valence-electron chi connectivity index (χ1n) is 4.55. The molecule has 0 saturated carbocycles.